The second-order valence-electron chi connectivity index (χ2n) is 6.51. The largest absolute Gasteiger partial charge is 0.497 e. The van der Waals surface area contributed by atoms with Crippen LogP contribution in [0.4, 0.5) is 23.1 Å². The van der Waals surface area contributed by atoms with E-state index in [0.717, 1.165) is 23.7 Å². The van der Waals surface area contributed by atoms with Crippen molar-refractivity contribution < 1.29 is 14.3 Å². The molecule has 0 bridgehead atoms. The quantitative estimate of drug-likeness (QED) is 0.514. The van der Waals surface area contributed by atoms with E-state index < -0.39 is 0 Å². The van der Waals surface area contributed by atoms with Gasteiger partial charge in [-0.15, -0.1) is 0 Å². The molecule has 0 spiro atoms. The van der Waals surface area contributed by atoms with E-state index in [0.29, 0.717) is 28.7 Å². The zero-order valence-corrected chi connectivity index (χ0v) is 17.4. The Morgan fingerprint density at radius 1 is 0.933 bits per heavy atom. The maximum absolute atomic E-state index is 12.6. The Hall–Kier alpha value is -3.81. The van der Waals surface area contributed by atoms with Gasteiger partial charge in [0.2, 0.25) is 5.95 Å². The minimum absolute atomic E-state index is 0.259. The minimum Gasteiger partial charge on any atom is -0.497 e. The van der Waals surface area contributed by atoms with Crippen molar-refractivity contribution >= 4 is 29.0 Å². The van der Waals surface area contributed by atoms with Gasteiger partial charge in [0.15, 0.2) is 0 Å². The molecule has 3 rings (SSSR count). The molecule has 0 atom stereocenters. The lowest BCUT2D eigenvalue weighted by molar-refractivity contribution is 0.102. The van der Waals surface area contributed by atoms with E-state index in [9.17, 15) is 4.79 Å². The Kier molecular flexibility index (Phi) is 6.69. The van der Waals surface area contributed by atoms with Crippen LogP contribution in [-0.4, -0.2) is 36.6 Å². The first kappa shape index (κ1) is 20.9. The highest BCUT2D eigenvalue weighted by molar-refractivity contribution is 6.04. The molecular formula is C22H25N5O3. The lowest BCUT2D eigenvalue weighted by Crippen LogP contribution is -2.12. The van der Waals surface area contributed by atoms with E-state index in [1.165, 1.54) is 0 Å². The third kappa shape index (κ3) is 5.38. The predicted octanol–water partition coefficient (Wildman–Crippen LogP) is 4.23. The number of nitrogens with zero attached hydrogens (tertiary/aromatic N) is 2. The molecule has 156 valence electrons. The Labute approximate surface area is 175 Å². The number of carbonyl (C=O) groups is 1. The molecule has 0 fully saturated rings. The van der Waals surface area contributed by atoms with Gasteiger partial charge in [-0.25, -0.2) is 4.98 Å². The fourth-order valence-electron chi connectivity index (χ4n) is 2.80. The molecule has 2 aromatic carbocycles. The van der Waals surface area contributed by atoms with Crippen molar-refractivity contribution in [3.8, 4) is 11.5 Å². The van der Waals surface area contributed by atoms with Gasteiger partial charge in [-0.3, -0.25) is 4.79 Å². The third-order valence-electron chi connectivity index (χ3n) is 4.22. The summed E-state index contributed by atoms with van der Waals surface area (Å²) in [6.07, 6.45) is 0. The molecule has 3 aromatic rings. The van der Waals surface area contributed by atoms with Crippen molar-refractivity contribution in [2.75, 3.05) is 36.7 Å². The smallest absolute Gasteiger partial charge is 0.255 e. The summed E-state index contributed by atoms with van der Waals surface area (Å²) >= 11 is 0. The Morgan fingerprint density at radius 3 is 2.17 bits per heavy atom. The third-order valence-corrected chi connectivity index (χ3v) is 4.22. The van der Waals surface area contributed by atoms with Crippen LogP contribution >= 0.6 is 0 Å². The summed E-state index contributed by atoms with van der Waals surface area (Å²) in [7, 11) is 3.09. The van der Waals surface area contributed by atoms with Gasteiger partial charge >= 0.3 is 0 Å². The number of methoxy groups -OCH3 is 2. The molecule has 1 amide bonds. The van der Waals surface area contributed by atoms with Crippen molar-refractivity contribution in [1.82, 2.24) is 9.97 Å². The van der Waals surface area contributed by atoms with Gasteiger partial charge in [-0.2, -0.15) is 4.98 Å². The fraction of sp³-hybridized carbons (Fsp3) is 0.227. The number of carbonyl (C=O) groups excluding carboxylic acids is 1. The van der Waals surface area contributed by atoms with Gasteiger partial charge in [0.1, 0.15) is 17.3 Å². The Balaban J connectivity index is 1.70. The van der Waals surface area contributed by atoms with E-state index in [2.05, 4.69) is 25.9 Å². The summed E-state index contributed by atoms with van der Waals surface area (Å²) < 4.78 is 10.4. The number of ether oxygens (including phenoxy) is 2. The number of anilines is 4. The first-order valence-corrected chi connectivity index (χ1v) is 9.51. The molecule has 1 aromatic heterocycles. The summed E-state index contributed by atoms with van der Waals surface area (Å²) in [5.41, 5.74) is 2.77. The van der Waals surface area contributed by atoms with Crippen molar-refractivity contribution in [2.24, 2.45) is 0 Å². The van der Waals surface area contributed by atoms with Gasteiger partial charge in [0.25, 0.3) is 5.91 Å². The highest BCUT2D eigenvalue weighted by atomic mass is 16.5. The summed E-state index contributed by atoms with van der Waals surface area (Å²) in [6.45, 7) is 4.71. The molecule has 8 nitrogen and oxygen atoms in total. The van der Waals surface area contributed by atoms with E-state index in [4.69, 9.17) is 9.47 Å². The van der Waals surface area contributed by atoms with E-state index in [-0.39, 0.29) is 5.91 Å². The normalized spacial score (nSPS) is 10.3. The van der Waals surface area contributed by atoms with Crippen LogP contribution in [0.15, 0.2) is 48.5 Å². The van der Waals surface area contributed by atoms with Crippen molar-refractivity contribution in [3.05, 3.63) is 59.8 Å². The highest BCUT2D eigenvalue weighted by Crippen LogP contribution is 2.24. The number of amides is 1. The number of hydrogen-bond donors (Lipinski definition) is 3. The zero-order valence-electron chi connectivity index (χ0n) is 17.4. The van der Waals surface area contributed by atoms with Crippen LogP contribution in [0.25, 0.3) is 0 Å². The van der Waals surface area contributed by atoms with Crippen molar-refractivity contribution in [1.29, 1.82) is 0 Å². The van der Waals surface area contributed by atoms with Crippen LogP contribution in [0.2, 0.25) is 0 Å². The lowest BCUT2D eigenvalue weighted by atomic mass is 10.1. The molecule has 1 heterocycles. The second kappa shape index (κ2) is 9.60. The summed E-state index contributed by atoms with van der Waals surface area (Å²) in [6, 6.07) is 14.2. The first-order chi connectivity index (χ1) is 14.5. The number of rotatable bonds is 8. The lowest BCUT2D eigenvalue weighted by Gasteiger charge is -2.11. The number of aryl methyl sites for hydroxylation is 1. The highest BCUT2D eigenvalue weighted by Gasteiger charge is 2.10. The SMILES string of the molecule is CCNc1cc(C)nc(Nc2ccc(NC(=O)c3cc(OC)cc(OC)c3)cc2)n1. The average molecular weight is 407 g/mol. The van der Waals surface area contributed by atoms with Crippen LogP contribution < -0.4 is 25.4 Å². The molecule has 0 aliphatic heterocycles. The van der Waals surface area contributed by atoms with Gasteiger partial charge < -0.3 is 25.4 Å². The van der Waals surface area contributed by atoms with Crippen LogP contribution in [0, 0.1) is 6.92 Å². The van der Waals surface area contributed by atoms with E-state index >= 15 is 0 Å². The monoisotopic (exact) mass is 407 g/mol. The molecule has 0 aliphatic carbocycles. The van der Waals surface area contributed by atoms with Crippen LogP contribution in [0.1, 0.15) is 23.0 Å². The summed E-state index contributed by atoms with van der Waals surface area (Å²) in [5, 5.41) is 9.23. The molecule has 0 radical (unpaired) electrons. The van der Waals surface area contributed by atoms with Crippen LogP contribution in [-0.2, 0) is 0 Å². The van der Waals surface area contributed by atoms with Crippen molar-refractivity contribution in [3.63, 3.8) is 0 Å². The molecule has 0 saturated carbocycles. The zero-order chi connectivity index (χ0) is 21.5. The number of nitrogens with one attached hydrogen (secondary N) is 3. The van der Waals surface area contributed by atoms with Crippen molar-refractivity contribution in [2.45, 2.75) is 13.8 Å². The molecule has 3 N–H and O–H groups in total. The van der Waals surface area contributed by atoms with Gasteiger partial charge in [0, 0.05) is 41.3 Å². The average Bonchev–Trinajstić information content (AvgIpc) is 2.74. The molecule has 0 aliphatic rings. The van der Waals surface area contributed by atoms with Crippen LogP contribution in [0.5, 0.6) is 11.5 Å². The fourth-order valence-corrected chi connectivity index (χ4v) is 2.80. The van der Waals surface area contributed by atoms with Gasteiger partial charge in [0.05, 0.1) is 14.2 Å². The molecule has 0 unspecified atom stereocenters. The van der Waals surface area contributed by atoms with Crippen LogP contribution in [0.3, 0.4) is 0 Å². The van der Waals surface area contributed by atoms with Gasteiger partial charge in [-0.05, 0) is 50.2 Å². The molecule has 0 saturated heterocycles. The van der Waals surface area contributed by atoms with E-state index in [1.54, 1.807) is 44.6 Å². The summed E-state index contributed by atoms with van der Waals surface area (Å²) in [4.78, 5) is 21.4. The molecule has 8 heteroatoms. The number of benzene rings is 2. The summed E-state index contributed by atoms with van der Waals surface area (Å²) in [5.74, 6) is 2.12. The van der Waals surface area contributed by atoms with Gasteiger partial charge in [-0.1, -0.05) is 0 Å². The maximum atomic E-state index is 12.6. The van der Waals surface area contributed by atoms with E-state index in [1.807, 2.05) is 32.0 Å². The number of aromatic nitrogens is 2. The first-order valence-electron chi connectivity index (χ1n) is 9.51. The molecule has 30 heavy (non-hydrogen) atoms. The standard InChI is InChI=1S/C22H25N5O3/c1-5-23-20-10-14(2)24-22(27-20)26-17-8-6-16(7-9-17)25-21(28)15-11-18(29-3)13-19(12-15)30-4/h6-13H,5H2,1-4H3,(H,25,28)(H2,23,24,26,27). The Bertz CT molecular complexity index is 1000. The molecular weight excluding hydrogens is 382 g/mol. The number of hydrogen-bond acceptors (Lipinski definition) is 7. The second-order valence-corrected chi connectivity index (χ2v) is 6.51. The Morgan fingerprint density at radius 2 is 1.57 bits per heavy atom. The maximum Gasteiger partial charge on any atom is 0.255 e. The predicted molar refractivity (Wildman–Crippen MR) is 118 cm³/mol. The topological polar surface area (TPSA) is 97.4 Å². The minimum atomic E-state index is -0.259.